The minimum absolute atomic E-state index is 0.0686. The molecule has 0 heterocycles. The topological polar surface area (TPSA) is 131 Å². The van der Waals surface area contributed by atoms with Crippen molar-refractivity contribution in [2.75, 3.05) is 26.7 Å². The van der Waals surface area contributed by atoms with E-state index in [9.17, 15) is 25.1 Å². The number of nitro benzene ring substituents is 1. The Labute approximate surface area is 212 Å². The Morgan fingerprint density at radius 2 is 1.83 bits per heavy atom. The molecule has 0 aliphatic rings. The van der Waals surface area contributed by atoms with Gasteiger partial charge >= 0.3 is 5.69 Å². The van der Waals surface area contributed by atoms with Gasteiger partial charge in [-0.3, -0.25) is 19.8 Å². The average molecular weight is 493 g/mol. The summed E-state index contributed by atoms with van der Waals surface area (Å²) in [7, 11) is 2.06. The van der Waals surface area contributed by atoms with Crippen molar-refractivity contribution < 1.29 is 19.9 Å². The first-order valence-corrected chi connectivity index (χ1v) is 11.4. The summed E-state index contributed by atoms with van der Waals surface area (Å²) < 4.78 is 0. The highest BCUT2D eigenvalue weighted by molar-refractivity contribution is 6.01. The van der Waals surface area contributed by atoms with Crippen LogP contribution in [0.1, 0.15) is 31.9 Å². The Morgan fingerprint density at radius 3 is 2.33 bits per heavy atom. The molecular formula is C27H32N4O5. The third-order valence-electron chi connectivity index (χ3n) is 5.47. The van der Waals surface area contributed by atoms with Crippen molar-refractivity contribution in [3.8, 4) is 29.9 Å². The molecule has 36 heavy (non-hydrogen) atoms. The number of aromatic hydroxyl groups is 2. The number of hydrogen-bond acceptors (Lipinski definition) is 7. The molecule has 2 aromatic rings. The number of nitro groups is 1. The largest absolute Gasteiger partial charge is 0.504 e. The summed E-state index contributed by atoms with van der Waals surface area (Å²) in [4.78, 5) is 25.6. The number of carbonyl (C=O) groups excluding carboxylic acids is 1. The molecule has 0 unspecified atom stereocenters. The number of benzene rings is 2. The van der Waals surface area contributed by atoms with E-state index in [4.69, 9.17) is 11.7 Å². The van der Waals surface area contributed by atoms with Crippen LogP contribution in [-0.2, 0) is 11.2 Å². The van der Waals surface area contributed by atoms with Crippen LogP contribution >= 0.6 is 0 Å². The first-order valence-electron chi connectivity index (χ1n) is 11.4. The molecule has 0 saturated carbocycles. The normalized spacial score (nSPS) is 11.5. The lowest BCUT2D eigenvalue weighted by Crippen LogP contribution is -2.31. The van der Waals surface area contributed by atoms with E-state index >= 15 is 0 Å². The molecule has 1 atom stereocenters. The molecule has 0 aliphatic heterocycles. The van der Waals surface area contributed by atoms with Gasteiger partial charge in [0.25, 0.3) is 5.91 Å². The van der Waals surface area contributed by atoms with Gasteiger partial charge in [0.2, 0.25) is 5.75 Å². The minimum atomic E-state index is -0.870. The Morgan fingerprint density at radius 1 is 1.22 bits per heavy atom. The van der Waals surface area contributed by atoms with Crippen LogP contribution in [0.3, 0.4) is 0 Å². The van der Waals surface area contributed by atoms with Crippen molar-refractivity contribution in [3.05, 3.63) is 69.3 Å². The first-order chi connectivity index (χ1) is 17.1. The third-order valence-corrected chi connectivity index (χ3v) is 5.47. The molecule has 2 aromatic carbocycles. The maximum absolute atomic E-state index is 12.1. The molecule has 9 nitrogen and oxygen atoms in total. The molecule has 0 fully saturated rings. The molecule has 2 rings (SSSR count). The fraction of sp³-hybridized carbons (Fsp3) is 0.333. The predicted octanol–water partition coefficient (Wildman–Crippen LogP) is 3.96. The van der Waals surface area contributed by atoms with Gasteiger partial charge in [-0.15, -0.1) is 6.42 Å². The second-order valence-corrected chi connectivity index (χ2v) is 7.97. The molecule has 0 bridgehead atoms. The van der Waals surface area contributed by atoms with Crippen LogP contribution < -0.4 is 0 Å². The summed E-state index contributed by atoms with van der Waals surface area (Å²) in [5.41, 5.74) is 0.504. The first kappa shape index (κ1) is 29.7. The average Bonchev–Trinajstić information content (AvgIpc) is 2.86. The number of carbonyl (C=O) groups is 1. The van der Waals surface area contributed by atoms with Gasteiger partial charge < -0.3 is 15.1 Å². The van der Waals surface area contributed by atoms with Gasteiger partial charge in [0, 0.05) is 25.2 Å². The van der Waals surface area contributed by atoms with E-state index in [0.29, 0.717) is 25.7 Å². The second-order valence-electron chi connectivity index (χ2n) is 7.97. The van der Waals surface area contributed by atoms with Crippen molar-refractivity contribution in [3.63, 3.8) is 0 Å². The molecule has 1 amide bonds. The predicted molar refractivity (Wildman–Crippen MR) is 139 cm³/mol. The number of hydrogen-bond donors (Lipinski definition) is 2. The monoisotopic (exact) mass is 492 g/mol. The van der Waals surface area contributed by atoms with E-state index in [0.717, 1.165) is 24.6 Å². The van der Waals surface area contributed by atoms with Crippen LogP contribution in [0.15, 0.2) is 48.0 Å². The maximum atomic E-state index is 12.1. The van der Waals surface area contributed by atoms with E-state index in [1.807, 2.05) is 6.07 Å². The van der Waals surface area contributed by atoms with E-state index in [-0.39, 0.29) is 11.1 Å². The van der Waals surface area contributed by atoms with Gasteiger partial charge in [0.1, 0.15) is 11.6 Å². The molecule has 0 radical (unpaired) electrons. The number of nitrogens with zero attached hydrogens (tertiary/aromatic N) is 4. The van der Waals surface area contributed by atoms with Crippen LogP contribution in [0.2, 0.25) is 0 Å². The Balaban J connectivity index is 0.000000397. The molecule has 2 N–H and O–H groups in total. The summed E-state index contributed by atoms with van der Waals surface area (Å²) in [5.74, 6) is 0.583. The number of phenols is 2. The second kappa shape index (κ2) is 14.8. The molecule has 0 spiro atoms. The summed E-state index contributed by atoms with van der Waals surface area (Å²) in [5, 5.41) is 38.8. The molecule has 0 saturated heterocycles. The lowest BCUT2D eigenvalue weighted by Gasteiger charge is -2.22. The highest BCUT2D eigenvalue weighted by atomic mass is 16.6. The number of amides is 1. The lowest BCUT2D eigenvalue weighted by molar-refractivity contribution is -0.386. The van der Waals surface area contributed by atoms with Crippen LogP contribution in [0, 0.1) is 33.8 Å². The highest BCUT2D eigenvalue weighted by Crippen LogP contribution is 2.36. The zero-order valence-corrected chi connectivity index (χ0v) is 21.0. The van der Waals surface area contributed by atoms with Gasteiger partial charge in [-0.2, -0.15) is 5.26 Å². The molecule has 0 aromatic heterocycles. The molecule has 9 heteroatoms. The van der Waals surface area contributed by atoms with E-state index in [2.05, 4.69) is 49.1 Å². The zero-order valence-electron chi connectivity index (χ0n) is 21.0. The molecule has 190 valence electrons. The van der Waals surface area contributed by atoms with E-state index in [1.54, 1.807) is 19.9 Å². The van der Waals surface area contributed by atoms with Gasteiger partial charge in [0.05, 0.1) is 11.5 Å². The number of rotatable bonds is 9. The fourth-order valence-electron chi connectivity index (χ4n) is 3.25. The number of nitriles is 1. The van der Waals surface area contributed by atoms with Crippen LogP contribution in [0.5, 0.6) is 11.5 Å². The molecular weight excluding hydrogens is 460 g/mol. The smallest absolute Gasteiger partial charge is 0.315 e. The highest BCUT2D eigenvalue weighted by Gasteiger charge is 2.20. The van der Waals surface area contributed by atoms with Crippen molar-refractivity contribution >= 4 is 17.7 Å². The third kappa shape index (κ3) is 8.79. The summed E-state index contributed by atoms with van der Waals surface area (Å²) in [6.45, 7) is 7.25. The minimum Gasteiger partial charge on any atom is -0.504 e. The fourth-order valence-corrected chi connectivity index (χ4v) is 3.25. The van der Waals surface area contributed by atoms with Crippen LogP contribution in [0.4, 0.5) is 5.69 Å². The summed E-state index contributed by atoms with van der Waals surface area (Å²) >= 11 is 0. The Bertz CT molecular complexity index is 1150. The molecule has 0 aliphatic carbocycles. The van der Waals surface area contributed by atoms with Crippen molar-refractivity contribution in [2.45, 2.75) is 33.2 Å². The van der Waals surface area contributed by atoms with Crippen LogP contribution in [0.25, 0.3) is 6.08 Å². The van der Waals surface area contributed by atoms with E-state index in [1.165, 1.54) is 10.5 Å². The van der Waals surface area contributed by atoms with Gasteiger partial charge in [-0.05, 0) is 57.5 Å². The van der Waals surface area contributed by atoms with Gasteiger partial charge in [-0.1, -0.05) is 36.3 Å². The Hall–Kier alpha value is -4.34. The quantitative estimate of drug-likeness (QED) is 0.135. The Kier molecular flexibility index (Phi) is 12.2. The van der Waals surface area contributed by atoms with Crippen LogP contribution in [-0.4, -0.2) is 63.6 Å². The van der Waals surface area contributed by atoms with E-state index < -0.39 is 28.0 Å². The van der Waals surface area contributed by atoms with Crippen molar-refractivity contribution in [1.29, 1.82) is 5.26 Å². The standard InChI is InChI=1S/C14H15N3O5.C13H17N/c1-3-16(4-2)14(20)10(8-15)5-9-6-11(17(21)22)13(19)12(18)7-9;1-4-10-14(3)12(2)11-13-8-6-5-7-9-13/h5-7,18-19H,3-4H2,1-2H3;1,5-9,12H,10-11H2,2-3H3/b10-5+;/t;12-/m.1/s1. The SMILES string of the molecule is C#CCN(C)[C@H](C)Cc1ccccc1.CCN(CC)C(=O)/C(C#N)=C/c1cc(O)c(O)c([N+](=O)[O-])c1. The van der Waals surface area contributed by atoms with Gasteiger partial charge in [-0.25, -0.2) is 0 Å². The number of phenolic OH excluding ortho intramolecular Hbond substituents is 2. The maximum Gasteiger partial charge on any atom is 0.315 e. The van der Waals surface area contributed by atoms with Crippen molar-refractivity contribution in [2.24, 2.45) is 0 Å². The summed E-state index contributed by atoms with van der Waals surface area (Å²) in [6.07, 6.45) is 7.46. The number of likely N-dealkylation sites (N-methyl/N-ethyl adjacent to an activating group) is 2. The summed E-state index contributed by atoms with van der Waals surface area (Å²) in [6, 6.07) is 14.7. The van der Waals surface area contributed by atoms with Crippen molar-refractivity contribution in [1.82, 2.24) is 9.80 Å². The zero-order chi connectivity index (χ0) is 27.3. The van der Waals surface area contributed by atoms with Gasteiger partial charge in [0.15, 0.2) is 5.75 Å². The lowest BCUT2D eigenvalue weighted by atomic mass is 10.1. The number of terminal acetylenes is 1.